The lowest BCUT2D eigenvalue weighted by Gasteiger charge is -2.01. The van der Waals surface area contributed by atoms with Gasteiger partial charge in [0, 0.05) is 15.7 Å². The Bertz CT molecular complexity index is 582. The van der Waals surface area contributed by atoms with E-state index in [4.69, 9.17) is 10.5 Å². The van der Waals surface area contributed by atoms with Crippen molar-refractivity contribution in [3.8, 4) is 11.4 Å². The zero-order valence-electron chi connectivity index (χ0n) is 9.61. The number of esters is 1. The molecular formula is C11H11BrN4O2. The average Bonchev–Trinajstić information content (AvgIpc) is 2.82. The van der Waals surface area contributed by atoms with Crippen LogP contribution in [0.5, 0.6) is 0 Å². The molecule has 7 heteroatoms. The topological polar surface area (TPSA) is 93.9 Å². The molecule has 0 unspecified atom stereocenters. The maximum absolute atomic E-state index is 11.4. The van der Waals surface area contributed by atoms with Crippen LogP contribution in [0.4, 0.5) is 5.69 Å². The highest BCUT2D eigenvalue weighted by molar-refractivity contribution is 9.10. The average molecular weight is 311 g/mol. The van der Waals surface area contributed by atoms with Crippen LogP contribution >= 0.6 is 15.9 Å². The van der Waals surface area contributed by atoms with Gasteiger partial charge in [-0.25, -0.2) is 9.78 Å². The first kappa shape index (κ1) is 12.6. The van der Waals surface area contributed by atoms with Gasteiger partial charge in [-0.1, -0.05) is 15.9 Å². The van der Waals surface area contributed by atoms with Gasteiger partial charge in [0.2, 0.25) is 5.82 Å². The monoisotopic (exact) mass is 310 g/mol. The van der Waals surface area contributed by atoms with Crippen LogP contribution in [-0.4, -0.2) is 27.8 Å². The number of rotatable bonds is 3. The van der Waals surface area contributed by atoms with E-state index in [0.717, 1.165) is 4.47 Å². The molecule has 0 fully saturated rings. The summed E-state index contributed by atoms with van der Waals surface area (Å²) in [4.78, 5) is 15.5. The summed E-state index contributed by atoms with van der Waals surface area (Å²) < 4.78 is 5.67. The molecule has 0 amide bonds. The summed E-state index contributed by atoms with van der Waals surface area (Å²) in [5, 5.41) is 6.48. The molecule has 0 aliphatic carbocycles. The molecule has 0 saturated heterocycles. The third kappa shape index (κ3) is 2.51. The summed E-state index contributed by atoms with van der Waals surface area (Å²) >= 11 is 3.34. The largest absolute Gasteiger partial charge is 0.460 e. The maximum Gasteiger partial charge on any atom is 0.375 e. The van der Waals surface area contributed by atoms with Crippen molar-refractivity contribution in [2.45, 2.75) is 6.92 Å². The molecule has 2 aromatic rings. The predicted molar refractivity (Wildman–Crippen MR) is 69.9 cm³/mol. The number of nitrogens with zero attached hydrogens (tertiary/aromatic N) is 2. The number of ether oxygens (including phenoxy) is 1. The van der Waals surface area contributed by atoms with Gasteiger partial charge < -0.3 is 10.5 Å². The standard InChI is InChI=1S/C11H11BrN4O2/c1-2-18-11(17)10-14-9(15-16-10)7-5-6(12)3-4-8(7)13/h3-5H,2,13H2,1H3,(H,14,15,16). The zero-order chi connectivity index (χ0) is 13.1. The van der Waals surface area contributed by atoms with Gasteiger partial charge in [0.1, 0.15) is 0 Å². The number of halogens is 1. The normalized spacial score (nSPS) is 10.3. The summed E-state index contributed by atoms with van der Waals surface area (Å²) in [7, 11) is 0. The molecule has 2 rings (SSSR count). The summed E-state index contributed by atoms with van der Waals surface area (Å²) in [6, 6.07) is 5.34. The van der Waals surface area contributed by atoms with Gasteiger partial charge in [-0.3, -0.25) is 5.10 Å². The Morgan fingerprint density at radius 1 is 1.56 bits per heavy atom. The molecule has 0 saturated carbocycles. The van der Waals surface area contributed by atoms with Gasteiger partial charge in [-0.15, -0.1) is 0 Å². The smallest absolute Gasteiger partial charge is 0.375 e. The van der Waals surface area contributed by atoms with Crippen molar-refractivity contribution >= 4 is 27.6 Å². The Labute approximate surface area is 112 Å². The van der Waals surface area contributed by atoms with E-state index >= 15 is 0 Å². The number of H-pyrrole nitrogens is 1. The van der Waals surface area contributed by atoms with Crippen LogP contribution in [-0.2, 0) is 4.74 Å². The summed E-state index contributed by atoms with van der Waals surface area (Å²) in [5.74, 6) is -0.118. The fourth-order valence-corrected chi connectivity index (χ4v) is 1.76. The van der Waals surface area contributed by atoms with Crippen LogP contribution in [0.2, 0.25) is 0 Å². The Morgan fingerprint density at radius 3 is 3.06 bits per heavy atom. The second kappa shape index (κ2) is 5.18. The van der Waals surface area contributed by atoms with Crippen LogP contribution < -0.4 is 5.73 Å². The molecule has 6 nitrogen and oxygen atoms in total. The first-order valence-corrected chi connectivity index (χ1v) is 6.06. The Morgan fingerprint density at radius 2 is 2.33 bits per heavy atom. The minimum Gasteiger partial charge on any atom is -0.460 e. The third-order valence-electron chi connectivity index (χ3n) is 2.21. The number of carbonyl (C=O) groups is 1. The molecule has 0 atom stereocenters. The van der Waals surface area contributed by atoms with E-state index in [2.05, 4.69) is 31.1 Å². The van der Waals surface area contributed by atoms with Gasteiger partial charge in [0.05, 0.1) is 6.61 Å². The number of aromatic amines is 1. The first-order valence-electron chi connectivity index (χ1n) is 5.26. The van der Waals surface area contributed by atoms with Crippen LogP contribution in [0, 0.1) is 0 Å². The van der Waals surface area contributed by atoms with Crippen molar-refractivity contribution in [1.82, 2.24) is 15.2 Å². The number of hydrogen-bond donors (Lipinski definition) is 2. The summed E-state index contributed by atoms with van der Waals surface area (Å²) in [6.45, 7) is 2.01. The second-order valence-corrected chi connectivity index (χ2v) is 4.38. The molecule has 18 heavy (non-hydrogen) atoms. The molecule has 0 aliphatic rings. The highest BCUT2D eigenvalue weighted by Gasteiger charge is 2.15. The van der Waals surface area contributed by atoms with Gasteiger partial charge in [0.15, 0.2) is 5.82 Å². The van der Waals surface area contributed by atoms with E-state index in [1.807, 2.05) is 6.07 Å². The second-order valence-electron chi connectivity index (χ2n) is 3.46. The summed E-state index contributed by atoms with van der Waals surface area (Å²) in [6.07, 6.45) is 0. The lowest BCUT2D eigenvalue weighted by Crippen LogP contribution is -2.06. The molecular weight excluding hydrogens is 300 g/mol. The van der Waals surface area contributed by atoms with Crippen molar-refractivity contribution in [2.24, 2.45) is 0 Å². The highest BCUT2D eigenvalue weighted by atomic mass is 79.9. The molecule has 1 aromatic carbocycles. The lowest BCUT2D eigenvalue weighted by atomic mass is 10.2. The molecule has 3 N–H and O–H groups in total. The van der Waals surface area contributed by atoms with E-state index in [-0.39, 0.29) is 12.4 Å². The maximum atomic E-state index is 11.4. The minimum absolute atomic E-state index is 0.0613. The number of benzene rings is 1. The van der Waals surface area contributed by atoms with Crippen molar-refractivity contribution in [2.75, 3.05) is 12.3 Å². The van der Waals surface area contributed by atoms with E-state index in [0.29, 0.717) is 17.1 Å². The lowest BCUT2D eigenvalue weighted by molar-refractivity contribution is 0.0512. The molecule has 1 heterocycles. The Hall–Kier alpha value is -1.89. The van der Waals surface area contributed by atoms with Crippen LogP contribution in [0.3, 0.4) is 0 Å². The number of carbonyl (C=O) groups excluding carboxylic acids is 1. The van der Waals surface area contributed by atoms with Crippen molar-refractivity contribution in [1.29, 1.82) is 0 Å². The van der Waals surface area contributed by atoms with Gasteiger partial charge in [0.25, 0.3) is 0 Å². The molecule has 0 aliphatic heterocycles. The van der Waals surface area contributed by atoms with Crippen molar-refractivity contribution < 1.29 is 9.53 Å². The van der Waals surface area contributed by atoms with Crippen molar-refractivity contribution in [3.63, 3.8) is 0 Å². The fourth-order valence-electron chi connectivity index (χ4n) is 1.40. The Kier molecular flexibility index (Phi) is 3.61. The van der Waals surface area contributed by atoms with Crippen molar-refractivity contribution in [3.05, 3.63) is 28.5 Å². The van der Waals surface area contributed by atoms with Gasteiger partial charge in [-0.2, -0.15) is 5.10 Å². The van der Waals surface area contributed by atoms with Gasteiger partial charge in [-0.05, 0) is 25.1 Å². The third-order valence-corrected chi connectivity index (χ3v) is 2.70. The van der Waals surface area contributed by atoms with E-state index < -0.39 is 5.97 Å². The number of hydrogen-bond acceptors (Lipinski definition) is 5. The number of nitrogens with one attached hydrogen (secondary N) is 1. The van der Waals surface area contributed by atoms with Crippen LogP contribution in [0.1, 0.15) is 17.5 Å². The number of anilines is 1. The van der Waals surface area contributed by atoms with Crippen LogP contribution in [0.25, 0.3) is 11.4 Å². The van der Waals surface area contributed by atoms with E-state index in [1.165, 1.54) is 0 Å². The Balaban J connectivity index is 2.35. The first-order chi connectivity index (χ1) is 8.61. The number of nitrogens with two attached hydrogens (primary N) is 1. The molecule has 1 aromatic heterocycles. The molecule has 0 radical (unpaired) electrons. The SMILES string of the molecule is CCOC(=O)c1nc(-c2cc(Br)ccc2N)n[nH]1. The molecule has 0 bridgehead atoms. The number of aromatic nitrogens is 3. The predicted octanol–water partition coefficient (Wildman–Crippen LogP) is 1.99. The fraction of sp³-hybridized carbons (Fsp3) is 0.182. The molecule has 94 valence electrons. The zero-order valence-corrected chi connectivity index (χ0v) is 11.2. The summed E-state index contributed by atoms with van der Waals surface area (Å²) in [5.41, 5.74) is 7.02. The van der Waals surface area contributed by atoms with Gasteiger partial charge >= 0.3 is 5.97 Å². The number of nitrogen functional groups attached to an aromatic ring is 1. The highest BCUT2D eigenvalue weighted by Crippen LogP contribution is 2.26. The quantitative estimate of drug-likeness (QED) is 0.668. The van der Waals surface area contributed by atoms with E-state index in [9.17, 15) is 4.79 Å². The van der Waals surface area contributed by atoms with Crippen LogP contribution in [0.15, 0.2) is 22.7 Å². The molecule has 0 spiro atoms. The van der Waals surface area contributed by atoms with E-state index in [1.54, 1.807) is 19.1 Å². The minimum atomic E-state index is -0.537.